The van der Waals surface area contributed by atoms with Crippen LogP contribution in [0.4, 0.5) is 11.8 Å². The summed E-state index contributed by atoms with van der Waals surface area (Å²) < 4.78 is 0. The second-order valence-corrected chi connectivity index (χ2v) is 10.5. The van der Waals surface area contributed by atoms with E-state index in [-0.39, 0.29) is 0 Å². The van der Waals surface area contributed by atoms with Gasteiger partial charge in [-0.25, -0.2) is 4.98 Å². The third-order valence-corrected chi connectivity index (χ3v) is 8.21. The fourth-order valence-corrected chi connectivity index (χ4v) is 5.99. The van der Waals surface area contributed by atoms with Gasteiger partial charge in [0, 0.05) is 37.8 Å². The summed E-state index contributed by atoms with van der Waals surface area (Å²) in [5.74, 6) is 2.98. The van der Waals surface area contributed by atoms with Gasteiger partial charge in [-0.3, -0.25) is 4.90 Å². The number of nitrogens with one attached hydrogen (secondary N) is 1. The van der Waals surface area contributed by atoms with E-state index < -0.39 is 0 Å². The maximum Gasteiger partial charge on any atom is 0.224 e. The van der Waals surface area contributed by atoms with Gasteiger partial charge in [-0.15, -0.1) is 0 Å². The Labute approximate surface area is 196 Å². The molecule has 4 rings (SSSR count). The number of anilines is 2. The first-order valence-electron chi connectivity index (χ1n) is 13.9. The average Bonchev–Trinajstić information content (AvgIpc) is 3.24. The van der Waals surface area contributed by atoms with Crippen molar-refractivity contribution >= 4 is 11.8 Å². The van der Waals surface area contributed by atoms with Crippen LogP contribution in [0.1, 0.15) is 102 Å². The van der Waals surface area contributed by atoms with E-state index in [0.717, 1.165) is 44.3 Å². The summed E-state index contributed by atoms with van der Waals surface area (Å²) in [5, 5.41) is 3.73. The molecule has 0 saturated carbocycles. The van der Waals surface area contributed by atoms with E-state index >= 15 is 0 Å². The molecule has 0 bridgehead atoms. The van der Waals surface area contributed by atoms with E-state index in [1.165, 1.54) is 107 Å². The molecule has 3 heterocycles. The second-order valence-electron chi connectivity index (χ2n) is 10.5. The summed E-state index contributed by atoms with van der Waals surface area (Å²) in [5.41, 5.74) is 2.79. The van der Waals surface area contributed by atoms with Crippen molar-refractivity contribution in [2.45, 2.75) is 110 Å². The third kappa shape index (κ3) is 6.15. The molecular formula is C27H47N5. The highest BCUT2D eigenvalue weighted by Gasteiger charge is 2.26. The van der Waals surface area contributed by atoms with E-state index in [9.17, 15) is 0 Å². The Morgan fingerprint density at radius 2 is 1.56 bits per heavy atom. The minimum atomic E-state index is 0.619. The Morgan fingerprint density at radius 3 is 2.34 bits per heavy atom. The predicted molar refractivity (Wildman–Crippen MR) is 136 cm³/mol. The molecule has 1 aliphatic carbocycles. The molecule has 5 nitrogen and oxygen atoms in total. The molecule has 1 unspecified atom stereocenters. The first kappa shape index (κ1) is 23.8. The van der Waals surface area contributed by atoms with Crippen molar-refractivity contribution in [3.8, 4) is 0 Å². The van der Waals surface area contributed by atoms with E-state index in [4.69, 9.17) is 9.97 Å². The Bertz CT molecular complexity index is 694. The lowest BCUT2D eigenvalue weighted by Crippen LogP contribution is -2.45. The molecule has 0 radical (unpaired) electrons. The Kier molecular flexibility index (Phi) is 9.07. The molecule has 2 saturated heterocycles. The van der Waals surface area contributed by atoms with E-state index in [0.29, 0.717) is 6.04 Å². The molecule has 0 aromatic carbocycles. The molecule has 5 heteroatoms. The topological polar surface area (TPSA) is 44.3 Å². The van der Waals surface area contributed by atoms with Crippen molar-refractivity contribution in [1.29, 1.82) is 0 Å². The van der Waals surface area contributed by atoms with Crippen molar-refractivity contribution in [1.82, 2.24) is 14.9 Å². The van der Waals surface area contributed by atoms with Crippen LogP contribution in [0.25, 0.3) is 0 Å². The van der Waals surface area contributed by atoms with Gasteiger partial charge < -0.3 is 10.2 Å². The van der Waals surface area contributed by atoms with E-state index in [2.05, 4.69) is 29.0 Å². The summed E-state index contributed by atoms with van der Waals surface area (Å²) in [6.07, 6.45) is 18.1. The standard InChI is InChI=1S/C27H47N5/c1-3-22(4-2)21-32-19-13-10-14-23(32)20-28-27-29-25-16-9-7-8-15-24(25)26(30-27)31-17-11-5-6-12-18-31/h22-23H,3-21H2,1-2H3,(H,28,29,30). The van der Waals surface area contributed by atoms with Crippen LogP contribution in [-0.2, 0) is 12.8 Å². The van der Waals surface area contributed by atoms with Crippen LogP contribution in [-0.4, -0.2) is 53.6 Å². The molecule has 1 N–H and O–H groups in total. The minimum absolute atomic E-state index is 0.619. The van der Waals surface area contributed by atoms with Gasteiger partial charge in [-0.05, 0) is 63.8 Å². The van der Waals surface area contributed by atoms with Crippen LogP contribution in [0.5, 0.6) is 0 Å². The predicted octanol–water partition coefficient (Wildman–Crippen LogP) is 5.83. The number of likely N-dealkylation sites (tertiary alicyclic amines) is 1. The number of piperidine rings is 1. The highest BCUT2D eigenvalue weighted by Crippen LogP contribution is 2.30. The third-order valence-electron chi connectivity index (χ3n) is 8.21. The molecule has 3 aliphatic rings. The SMILES string of the molecule is CCC(CC)CN1CCCCC1CNc1nc2c(c(N3CCCCCC3)n1)CCCCC2. The van der Waals surface area contributed by atoms with Crippen molar-refractivity contribution in [3.63, 3.8) is 0 Å². The quantitative estimate of drug-likeness (QED) is 0.514. The van der Waals surface area contributed by atoms with Crippen LogP contribution < -0.4 is 10.2 Å². The zero-order chi connectivity index (χ0) is 22.2. The van der Waals surface area contributed by atoms with Crippen LogP contribution in [0.2, 0.25) is 0 Å². The van der Waals surface area contributed by atoms with Gasteiger partial charge in [0.2, 0.25) is 5.95 Å². The van der Waals surface area contributed by atoms with Gasteiger partial charge in [0.1, 0.15) is 5.82 Å². The normalized spacial score (nSPS) is 23.0. The second kappa shape index (κ2) is 12.2. The van der Waals surface area contributed by atoms with Gasteiger partial charge in [0.25, 0.3) is 0 Å². The first-order valence-corrected chi connectivity index (χ1v) is 13.9. The lowest BCUT2D eigenvalue weighted by Gasteiger charge is -2.38. The molecule has 180 valence electrons. The largest absolute Gasteiger partial charge is 0.356 e. The summed E-state index contributed by atoms with van der Waals surface area (Å²) in [6.45, 7) is 10.5. The fraction of sp³-hybridized carbons (Fsp3) is 0.852. The maximum absolute atomic E-state index is 5.18. The van der Waals surface area contributed by atoms with Crippen molar-refractivity contribution in [2.24, 2.45) is 5.92 Å². The number of hydrogen-bond acceptors (Lipinski definition) is 5. The van der Waals surface area contributed by atoms with Gasteiger partial charge in [0.05, 0.1) is 5.69 Å². The lowest BCUT2D eigenvalue weighted by atomic mass is 9.97. The zero-order valence-electron chi connectivity index (χ0n) is 20.9. The number of rotatable bonds is 8. The van der Waals surface area contributed by atoms with Gasteiger partial charge in [-0.1, -0.05) is 52.4 Å². The highest BCUT2D eigenvalue weighted by atomic mass is 15.2. The van der Waals surface area contributed by atoms with Gasteiger partial charge in [0.15, 0.2) is 0 Å². The lowest BCUT2D eigenvalue weighted by molar-refractivity contribution is 0.129. The summed E-state index contributed by atoms with van der Waals surface area (Å²) >= 11 is 0. The van der Waals surface area contributed by atoms with Crippen molar-refractivity contribution < 1.29 is 0 Å². The first-order chi connectivity index (χ1) is 15.8. The Morgan fingerprint density at radius 1 is 0.844 bits per heavy atom. The summed E-state index contributed by atoms with van der Waals surface area (Å²) in [7, 11) is 0. The molecule has 2 aliphatic heterocycles. The molecule has 2 fully saturated rings. The number of fused-ring (bicyclic) bond motifs is 1. The van der Waals surface area contributed by atoms with Gasteiger partial charge >= 0.3 is 0 Å². The monoisotopic (exact) mass is 441 g/mol. The highest BCUT2D eigenvalue weighted by molar-refractivity contribution is 5.53. The number of hydrogen-bond donors (Lipinski definition) is 1. The van der Waals surface area contributed by atoms with Crippen LogP contribution >= 0.6 is 0 Å². The van der Waals surface area contributed by atoms with Crippen molar-refractivity contribution in [2.75, 3.05) is 42.9 Å². The molecule has 1 aromatic rings. The van der Waals surface area contributed by atoms with Crippen LogP contribution in [0.3, 0.4) is 0 Å². The van der Waals surface area contributed by atoms with Gasteiger partial charge in [-0.2, -0.15) is 4.98 Å². The summed E-state index contributed by atoms with van der Waals surface area (Å²) in [6, 6.07) is 0.619. The number of aryl methyl sites for hydroxylation is 1. The molecule has 1 atom stereocenters. The van der Waals surface area contributed by atoms with Crippen LogP contribution in [0.15, 0.2) is 0 Å². The van der Waals surface area contributed by atoms with E-state index in [1.807, 2.05) is 0 Å². The summed E-state index contributed by atoms with van der Waals surface area (Å²) in [4.78, 5) is 15.6. The average molecular weight is 442 g/mol. The molecule has 0 amide bonds. The van der Waals surface area contributed by atoms with Crippen molar-refractivity contribution in [3.05, 3.63) is 11.3 Å². The smallest absolute Gasteiger partial charge is 0.224 e. The molecule has 32 heavy (non-hydrogen) atoms. The number of nitrogens with zero attached hydrogens (tertiary/aromatic N) is 4. The molecular weight excluding hydrogens is 394 g/mol. The fourth-order valence-electron chi connectivity index (χ4n) is 5.99. The number of aromatic nitrogens is 2. The minimum Gasteiger partial charge on any atom is -0.356 e. The maximum atomic E-state index is 5.18. The molecule has 1 aromatic heterocycles. The zero-order valence-corrected chi connectivity index (χ0v) is 20.9. The van der Waals surface area contributed by atoms with E-state index in [1.54, 1.807) is 0 Å². The molecule has 0 spiro atoms. The van der Waals surface area contributed by atoms with Crippen LogP contribution in [0, 0.1) is 5.92 Å². The Hall–Kier alpha value is -1.36. The Balaban J connectivity index is 1.50.